The molecule has 1 aromatic heterocycles. The molecule has 1 N–H and O–H groups in total. The smallest absolute Gasteiger partial charge is 0.188 e. The zero-order valence-corrected chi connectivity index (χ0v) is 10.7. The number of aryl methyl sites for hydroxylation is 1. The highest BCUT2D eigenvalue weighted by atomic mass is 35.5. The van der Waals surface area contributed by atoms with Crippen LogP contribution in [0.4, 0.5) is 0 Å². The number of alkyl halides is 1. The van der Waals surface area contributed by atoms with Crippen molar-refractivity contribution in [3.8, 4) is 0 Å². The van der Waals surface area contributed by atoms with Crippen LogP contribution in [0.5, 0.6) is 0 Å². The lowest BCUT2D eigenvalue weighted by molar-refractivity contribution is 0.427. The third-order valence-electron chi connectivity index (χ3n) is 2.48. The van der Waals surface area contributed by atoms with E-state index in [1.165, 1.54) is 17.6 Å². The number of hydrogen-bond acceptors (Lipinski definition) is 4. The molecule has 0 fully saturated rings. The van der Waals surface area contributed by atoms with Gasteiger partial charge in [-0.1, -0.05) is 13.3 Å². The number of tetrazole rings is 1. The van der Waals surface area contributed by atoms with Gasteiger partial charge in [0.1, 0.15) is 0 Å². The van der Waals surface area contributed by atoms with Gasteiger partial charge in [0.05, 0.1) is 13.6 Å². The molecule has 1 unspecified atom stereocenters. The average Bonchev–Trinajstić information content (AvgIpc) is 2.65. The van der Waals surface area contributed by atoms with E-state index >= 15 is 0 Å². The van der Waals surface area contributed by atoms with Gasteiger partial charge in [0, 0.05) is 5.88 Å². The fourth-order valence-electron chi connectivity index (χ4n) is 1.69. The summed E-state index contributed by atoms with van der Waals surface area (Å²) in [4.78, 5) is 1.47. The summed E-state index contributed by atoms with van der Waals surface area (Å²) in [6, 6.07) is 0. The van der Waals surface area contributed by atoms with Crippen molar-refractivity contribution in [2.45, 2.75) is 32.7 Å². The first-order chi connectivity index (χ1) is 7.76. The van der Waals surface area contributed by atoms with Gasteiger partial charge in [-0.3, -0.25) is 0 Å². The summed E-state index contributed by atoms with van der Waals surface area (Å²) in [5.74, 6) is 2.12. The molecule has 0 bridgehead atoms. The van der Waals surface area contributed by atoms with Gasteiger partial charge in [0.2, 0.25) is 0 Å². The molecule has 1 rings (SSSR count). The average molecular weight is 246 g/mol. The zero-order valence-electron chi connectivity index (χ0n) is 9.99. The molecule has 1 heterocycles. The molecule has 0 amide bonds. The maximum absolute atomic E-state index is 5.77. The van der Waals surface area contributed by atoms with Gasteiger partial charge < -0.3 is 5.32 Å². The second-order valence-corrected chi connectivity index (χ2v) is 4.34. The van der Waals surface area contributed by atoms with Gasteiger partial charge in [0.15, 0.2) is 5.82 Å². The summed E-state index contributed by atoms with van der Waals surface area (Å²) >= 11 is 5.77. The molecule has 92 valence electrons. The van der Waals surface area contributed by atoms with Crippen molar-refractivity contribution in [1.82, 2.24) is 25.5 Å². The van der Waals surface area contributed by atoms with E-state index in [9.17, 15) is 0 Å². The van der Waals surface area contributed by atoms with Crippen molar-refractivity contribution in [2.75, 3.05) is 12.4 Å². The largest absolute Gasteiger partial charge is 0.309 e. The van der Waals surface area contributed by atoms with Crippen LogP contribution in [0.25, 0.3) is 0 Å². The summed E-state index contributed by atoms with van der Waals surface area (Å²) in [5.41, 5.74) is 0. The summed E-state index contributed by atoms with van der Waals surface area (Å²) < 4.78 is 0. The van der Waals surface area contributed by atoms with E-state index in [1.54, 1.807) is 7.05 Å². The van der Waals surface area contributed by atoms with Gasteiger partial charge in [-0.25, -0.2) is 0 Å². The second kappa shape index (κ2) is 7.57. The predicted octanol–water partition coefficient (Wildman–Crippen LogP) is 1.34. The summed E-state index contributed by atoms with van der Waals surface area (Å²) in [6.07, 6.45) is 3.48. The Morgan fingerprint density at radius 3 is 2.81 bits per heavy atom. The number of nitrogens with zero attached hydrogens (tertiary/aromatic N) is 4. The van der Waals surface area contributed by atoms with E-state index in [4.69, 9.17) is 11.6 Å². The van der Waals surface area contributed by atoms with Crippen molar-refractivity contribution in [3.63, 3.8) is 0 Å². The highest BCUT2D eigenvalue weighted by Crippen LogP contribution is 2.10. The molecule has 5 nitrogen and oxygen atoms in total. The van der Waals surface area contributed by atoms with Crippen LogP contribution in [0.15, 0.2) is 0 Å². The van der Waals surface area contributed by atoms with Crippen LogP contribution < -0.4 is 5.32 Å². The molecule has 0 saturated heterocycles. The predicted molar refractivity (Wildman–Crippen MR) is 64.2 cm³/mol. The molecule has 0 aromatic carbocycles. The summed E-state index contributed by atoms with van der Waals surface area (Å²) in [5, 5.41) is 15.2. The maximum atomic E-state index is 5.77. The van der Waals surface area contributed by atoms with Crippen molar-refractivity contribution >= 4 is 11.6 Å². The first-order valence-electron chi connectivity index (χ1n) is 5.75. The lowest BCUT2D eigenvalue weighted by Gasteiger charge is -2.14. The number of hydrogen-bond donors (Lipinski definition) is 1. The topological polar surface area (TPSA) is 55.6 Å². The third kappa shape index (κ3) is 4.90. The molecule has 0 aliphatic heterocycles. The second-order valence-electron chi connectivity index (χ2n) is 3.96. The Morgan fingerprint density at radius 2 is 2.25 bits per heavy atom. The maximum Gasteiger partial charge on any atom is 0.188 e. The van der Waals surface area contributed by atoms with Crippen LogP contribution in [-0.4, -0.2) is 32.6 Å². The van der Waals surface area contributed by atoms with Crippen molar-refractivity contribution in [1.29, 1.82) is 0 Å². The van der Waals surface area contributed by atoms with E-state index in [1.807, 2.05) is 0 Å². The molecule has 0 aliphatic rings. The van der Waals surface area contributed by atoms with E-state index in [2.05, 4.69) is 27.7 Å². The standard InChI is InChI=1S/C10H20ClN5/c1-3-4-9(5-6-11)7-12-8-10-13-15-16(2)14-10/h9,12H,3-8H2,1-2H3. The zero-order chi connectivity index (χ0) is 11.8. The van der Waals surface area contributed by atoms with E-state index in [0.717, 1.165) is 24.7 Å². The minimum absolute atomic E-state index is 0.652. The van der Waals surface area contributed by atoms with Gasteiger partial charge in [-0.2, -0.15) is 4.80 Å². The van der Waals surface area contributed by atoms with Crippen LogP contribution in [0.1, 0.15) is 32.0 Å². The van der Waals surface area contributed by atoms with Crippen LogP contribution in [-0.2, 0) is 13.6 Å². The molecule has 0 spiro atoms. The van der Waals surface area contributed by atoms with E-state index in [-0.39, 0.29) is 0 Å². The number of nitrogens with one attached hydrogen (secondary N) is 1. The first kappa shape index (κ1) is 13.4. The quantitative estimate of drug-likeness (QED) is 0.703. The van der Waals surface area contributed by atoms with Gasteiger partial charge in [0.25, 0.3) is 0 Å². The van der Waals surface area contributed by atoms with Gasteiger partial charge in [-0.15, -0.1) is 21.8 Å². The van der Waals surface area contributed by atoms with Crippen LogP contribution in [0, 0.1) is 5.92 Å². The molecule has 0 saturated carbocycles. The van der Waals surface area contributed by atoms with E-state index in [0.29, 0.717) is 12.5 Å². The molecule has 0 radical (unpaired) electrons. The van der Waals surface area contributed by atoms with Crippen molar-refractivity contribution in [3.05, 3.63) is 5.82 Å². The van der Waals surface area contributed by atoms with Gasteiger partial charge >= 0.3 is 0 Å². The normalized spacial score (nSPS) is 12.9. The minimum atomic E-state index is 0.652. The monoisotopic (exact) mass is 245 g/mol. The Morgan fingerprint density at radius 1 is 1.44 bits per heavy atom. The van der Waals surface area contributed by atoms with Crippen LogP contribution in [0.2, 0.25) is 0 Å². The Bertz CT molecular complexity index is 282. The highest BCUT2D eigenvalue weighted by molar-refractivity contribution is 6.17. The Labute approximate surface area is 102 Å². The molecular weight excluding hydrogens is 226 g/mol. The van der Waals surface area contributed by atoms with Crippen molar-refractivity contribution in [2.24, 2.45) is 13.0 Å². The Kier molecular flexibility index (Phi) is 6.33. The number of rotatable bonds is 8. The molecule has 16 heavy (non-hydrogen) atoms. The lowest BCUT2D eigenvalue weighted by atomic mass is 10.0. The fourth-order valence-corrected chi connectivity index (χ4v) is 2.00. The van der Waals surface area contributed by atoms with Gasteiger partial charge in [-0.05, 0) is 30.5 Å². The SMILES string of the molecule is CCCC(CCCl)CNCc1nnn(C)n1. The lowest BCUT2D eigenvalue weighted by Crippen LogP contribution is -2.23. The third-order valence-corrected chi connectivity index (χ3v) is 2.70. The molecular formula is C10H20ClN5. The first-order valence-corrected chi connectivity index (χ1v) is 6.29. The fraction of sp³-hybridized carbons (Fsp3) is 0.900. The van der Waals surface area contributed by atoms with E-state index < -0.39 is 0 Å². The minimum Gasteiger partial charge on any atom is -0.309 e. The van der Waals surface area contributed by atoms with Crippen LogP contribution in [0.3, 0.4) is 0 Å². The molecule has 0 aliphatic carbocycles. The van der Waals surface area contributed by atoms with Crippen LogP contribution >= 0.6 is 11.6 Å². The number of aromatic nitrogens is 4. The van der Waals surface area contributed by atoms with Crippen molar-refractivity contribution < 1.29 is 0 Å². The Hall–Kier alpha value is -0.680. The highest BCUT2D eigenvalue weighted by Gasteiger charge is 2.07. The number of halogens is 1. The molecule has 1 atom stereocenters. The summed E-state index contributed by atoms with van der Waals surface area (Å²) in [6.45, 7) is 3.85. The molecule has 1 aromatic rings. The molecule has 6 heteroatoms. The Balaban J connectivity index is 2.21. The summed E-state index contributed by atoms with van der Waals surface area (Å²) in [7, 11) is 1.77.